The van der Waals surface area contributed by atoms with E-state index < -0.39 is 12.1 Å². The highest BCUT2D eigenvalue weighted by Crippen LogP contribution is 2.28. The lowest BCUT2D eigenvalue weighted by molar-refractivity contribution is -0.137. The smallest absolute Gasteiger partial charge is 0.249 e. The van der Waals surface area contributed by atoms with Crippen molar-refractivity contribution in [3.63, 3.8) is 0 Å². The molecule has 6 heteroatoms. The van der Waals surface area contributed by atoms with E-state index in [0.29, 0.717) is 12.5 Å². The summed E-state index contributed by atoms with van der Waals surface area (Å²) in [5, 5.41) is 4.87. The normalized spacial score (nSPS) is 25.9. The van der Waals surface area contributed by atoms with Gasteiger partial charge >= 0.3 is 0 Å². The number of thiophene rings is 1. The Kier molecular flexibility index (Phi) is 6.62. The molecule has 2 fully saturated rings. The van der Waals surface area contributed by atoms with Crippen LogP contribution in [0.3, 0.4) is 0 Å². The number of rotatable bonds is 7. The van der Waals surface area contributed by atoms with E-state index >= 15 is 0 Å². The molecular formula is C19H27NO4S. The Balaban J connectivity index is 1.61. The first-order valence-electron chi connectivity index (χ1n) is 9.22. The number of ketones is 1. The molecule has 1 aliphatic carbocycles. The monoisotopic (exact) mass is 365 g/mol. The van der Waals surface area contributed by atoms with E-state index in [2.05, 4.69) is 5.32 Å². The van der Waals surface area contributed by atoms with Crippen molar-refractivity contribution in [1.82, 2.24) is 5.32 Å². The number of carbonyl (C=O) groups excluding carboxylic acids is 2. The number of ether oxygens (including phenoxy) is 2. The highest BCUT2D eigenvalue weighted by molar-refractivity contribution is 7.09. The Hall–Kier alpha value is -1.24. The third-order valence-electron chi connectivity index (χ3n) is 5.17. The zero-order valence-electron chi connectivity index (χ0n) is 14.7. The lowest BCUT2D eigenvalue weighted by Gasteiger charge is -2.27. The quantitative estimate of drug-likeness (QED) is 0.806. The second kappa shape index (κ2) is 8.92. The summed E-state index contributed by atoms with van der Waals surface area (Å²) in [5.74, 6) is 0.286. The zero-order valence-corrected chi connectivity index (χ0v) is 15.6. The molecule has 2 heterocycles. The van der Waals surface area contributed by atoms with Gasteiger partial charge in [0.1, 0.15) is 18.8 Å². The molecule has 1 N–H and O–H groups in total. The predicted octanol–water partition coefficient (Wildman–Crippen LogP) is 3.08. The molecule has 3 unspecified atom stereocenters. The number of carbonyl (C=O) groups is 2. The van der Waals surface area contributed by atoms with Crippen molar-refractivity contribution in [2.45, 2.75) is 70.3 Å². The van der Waals surface area contributed by atoms with E-state index in [9.17, 15) is 9.59 Å². The van der Waals surface area contributed by atoms with Gasteiger partial charge in [0.25, 0.3) is 0 Å². The topological polar surface area (TPSA) is 64.6 Å². The lowest BCUT2D eigenvalue weighted by Crippen LogP contribution is -2.48. The molecule has 0 radical (unpaired) electrons. The molecule has 0 aromatic carbocycles. The molecule has 1 aromatic heterocycles. The minimum absolute atomic E-state index is 0.0597. The average molecular weight is 365 g/mol. The Morgan fingerprint density at radius 1 is 1.40 bits per heavy atom. The molecule has 138 valence electrons. The number of amides is 1. The van der Waals surface area contributed by atoms with Crippen LogP contribution in [-0.2, 0) is 25.7 Å². The summed E-state index contributed by atoms with van der Waals surface area (Å²) in [6.45, 7) is 2.33. The van der Waals surface area contributed by atoms with Crippen LogP contribution >= 0.6 is 11.3 Å². The third-order valence-corrected chi connectivity index (χ3v) is 6.02. The molecule has 1 saturated heterocycles. The molecule has 5 nitrogen and oxygen atoms in total. The zero-order chi connectivity index (χ0) is 17.6. The SMILES string of the molecule is CC1OCC(=O)C1NC(=O)C(CC1CCCCC1)OCc1cccs1. The van der Waals surface area contributed by atoms with Crippen LogP contribution in [0.15, 0.2) is 17.5 Å². The molecule has 0 bridgehead atoms. The summed E-state index contributed by atoms with van der Waals surface area (Å²) < 4.78 is 11.3. The van der Waals surface area contributed by atoms with Gasteiger partial charge in [0.15, 0.2) is 5.78 Å². The lowest BCUT2D eigenvalue weighted by atomic mass is 9.85. The van der Waals surface area contributed by atoms with Gasteiger partial charge in [-0.3, -0.25) is 9.59 Å². The van der Waals surface area contributed by atoms with E-state index in [0.717, 1.165) is 24.1 Å². The fourth-order valence-corrected chi connectivity index (χ4v) is 4.28. The number of hydrogen-bond donors (Lipinski definition) is 1. The van der Waals surface area contributed by atoms with Gasteiger partial charge in [-0.1, -0.05) is 38.2 Å². The van der Waals surface area contributed by atoms with E-state index in [1.807, 2.05) is 24.4 Å². The van der Waals surface area contributed by atoms with Gasteiger partial charge in [-0.05, 0) is 30.7 Å². The maximum absolute atomic E-state index is 12.8. The summed E-state index contributed by atoms with van der Waals surface area (Å²) in [5.41, 5.74) is 0. The molecule has 2 aliphatic rings. The van der Waals surface area contributed by atoms with E-state index in [1.54, 1.807) is 11.3 Å². The van der Waals surface area contributed by atoms with Crippen molar-refractivity contribution < 1.29 is 19.1 Å². The van der Waals surface area contributed by atoms with Crippen LogP contribution in [-0.4, -0.2) is 36.5 Å². The highest BCUT2D eigenvalue weighted by Gasteiger charge is 2.36. The third kappa shape index (κ3) is 5.12. The second-order valence-corrected chi connectivity index (χ2v) is 8.12. The maximum Gasteiger partial charge on any atom is 0.249 e. The molecule has 1 aromatic rings. The Morgan fingerprint density at radius 3 is 2.84 bits per heavy atom. The van der Waals surface area contributed by atoms with Gasteiger partial charge < -0.3 is 14.8 Å². The molecule has 1 aliphatic heterocycles. The van der Waals surface area contributed by atoms with Crippen LogP contribution < -0.4 is 5.32 Å². The second-order valence-electron chi connectivity index (χ2n) is 7.09. The molecular weight excluding hydrogens is 338 g/mol. The number of nitrogens with one attached hydrogen (secondary N) is 1. The summed E-state index contributed by atoms with van der Waals surface area (Å²) in [4.78, 5) is 25.8. The number of Topliss-reactive ketones (excluding diaryl/α,β-unsaturated/α-hetero) is 1. The Morgan fingerprint density at radius 2 is 2.20 bits per heavy atom. The largest absolute Gasteiger partial charge is 0.368 e. The van der Waals surface area contributed by atoms with E-state index in [4.69, 9.17) is 9.47 Å². The molecule has 25 heavy (non-hydrogen) atoms. The molecule has 1 saturated carbocycles. The van der Waals surface area contributed by atoms with Gasteiger partial charge in [-0.2, -0.15) is 0 Å². The fourth-order valence-electron chi connectivity index (χ4n) is 3.66. The first kappa shape index (κ1) is 18.5. The van der Waals surface area contributed by atoms with Crippen LogP contribution in [0.5, 0.6) is 0 Å². The molecule has 3 atom stereocenters. The van der Waals surface area contributed by atoms with Crippen LogP contribution in [0.25, 0.3) is 0 Å². The van der Waals surface area contributed by atoms with Gasteiger partial charge in [0.2, 0.25) is 5.91 Å². The van der Waals surface area contributed by atoms with Gasteiger partial charge in [0.05, 0.1) is 12.7 Å². The first-order chi connectivity index (χ1) is 12.1. The fraction of sp³-hybridized carbons (Fsp3) is 0.684. The minimum atomic E-state index is -0.549. The summed E-state index contributed by atoms with van der Waals surface area (Å²) in [7, 11) is 0. The Labute approximate surface area is 153 Å². The van der Waals surface area contributed by atoms with Crippen LogP contribution in [0, 0.1) is 5.92 Å². The van der Waals surface area contributed by atoms with Crippen molar-refractivity contribution in [3.05, 3.63) is 22.4 Å². The standard InChI is InChI=1S/C19H27NO4S/c1-13-18(16(21)12-23-13)20-19(22)17(10-14-6-3-2-4-7-14)24-11-15-8-5-9-25-15/h5,8-9,13-14,17-18H,2-4,6-7,10-12H2,1H3,(H,20,22). The molecule has 1 amide bonds. The van der Waals surface area contributed by atoms with Crippen molar-refractivity contribution in [1.29, 1.82) is 0 Å². The van der Waals surface area contributed by atoms with Crippen LogP contribution in [0.4, 0.5) is 0 Å². The average Bonchev–Trinajstić information content (AvgIpc) is 3.24. The van der Waals surface area contributed by atoms with Crippen molar-refractivity contribution in [3.8, 4) is 0 Å². The van der Waals surface area contributed by atoms with Crippen molar-refractivity contribution in [2.75, 3.05) is 6.61 Å². The highest BCUT2D eigenvalue weighted by atomic mass is 32.1. The summed E-state index contributed by atoms with van der Waals surface area (Å²) in [6.07, 6.45) is 6.02. The minimum Gasteiger partial charge on any atom is -0.368 e. The van der Waals surface area contributed by atoms with Crippen LogP contribution in [0.1, 0.15) is 50.3 Å². The maximum atomic E-state index is 12.8. The van der Waals surface area contributed by atoms with E-state index in [-0.39, 0.29) is 24.4 Å². The molecule has 3 rings (SSSR count). The number of hydrogen-bond acceptors (Lipinski definition) is 5. The van der Waals surface area contributed by atoms with Gasteiger partial charge in [0, 0.05) is 4.88 Å². The van der Waals surface area contributed by atoms with E-state index in [1.165, 1.54) is 19.3 Å². The van der Waals surface area contributed by atoms with Crippen molar-refractivity contribution in [2.24, 2.45) is 5.92 Å². The van der Waals surface area contributed by atoms with Crippen molar-refractivity contribution >= 4 is 23.0 Å². The summed E-state index contributed by atoms with van der Waals surface area (Å²) in [6, 6.07) is 3.44. The van der Waals surface area contributed by atoms with Crippen LogP contribution in [0.2, 0.25) is 0 Å². The summed E-state index contributed by atoms with van der Waals surface area (Å²) >= 11 is 1.63. The first-order valence-corrected chi connectivity index (χ1v) is 10.1. The Bertz CT molecular complexity index is 568. The predicted molar refractivity (Wildman–Crippen MR) is 96.4 cm³/mol. The van der Waals surface area contributed by atoms with Gasteiger partial charge in [-0.25, -0.2) is 0 Å². The molecule has 0 spiro atoms. The van der Waals surface area contributed by atoms with Gasteiger partial charge in [-0.15, -0.1) is 11.3 Å².